The fourth-order valence-electron chi connectivity index (χ4n) is 1.45. The zero-order chi connectivity index (χ0) is 12.8. The Labute approximate surface area is 106 Å². The van der Waals surface area contributed by atoms with Gasteiger partial charge in [-0.3, -0.25) is 9.00 Å². The summed E-state index contributed by atoms with van der Waals surface area (Å²) in [5.41, 5.74) is 0.710. The van der Waals surface area contributed by atoms with Gasteiger partial charge in [-0.05, 0) is 5.92 Å². The molecule has 0 N–H and O–H groups in total. The predicted octanol–water partition coefficient (Wildman–Crippen LogP) is 3.05. The van der Waals surface area contributed by atoms with Crippen LogP contribution in [0.25, 0.3) is 0 Å². The number of benzene rings is 1. The maximum absolute atomic E-state index is 11.9. The van der Waals surface area contributed by atoms with Crippen molar-refractivity contribution < 1.29 is 9.00 Å². The minimum Gasteiger partial charge on any atom is -0.294 e. The molecule has 0 aliphatic heterocycles. The Balaban J connectivity index is 2.47. The highest BCUT2D eigenvalue weighted by molar-refractivity contribution is 7.85. The van der Waals surface area contributed by atoms with Crippen LogP contribution in [0.4, 0.5) is 0 Å². The maximum Gasteiger partial charge on any atom is 0.163 e. The molecule has 0 saturated carbocycles. The molecule has 1 aromatic carbocycles. The van der Waals surface area contributed by atoms with E-state index in [1.807, 2.05) is 25.1 Å². The van der Waals surface area contributed by atoms with Gasteiger partial charge in [0.2, 0.25) is 0 Å². The molecule has 0 saturated heterocycles. The smallest absolute Gasteiger partial charge is 0.163 e. The van der Waals surface area contributed by atoms with Crippen LogP contribution in [0.15, 0.2) is 30.3 Å². The Morgan fingerprint density at radius 1 is 1.18 bits per heavy atom. The number of hydrogen-bond acceptors (Lipinski definition) is 2. The van der Waals surface area contributed by atoms with Gasteiger partial charge in [-0.2, -0.15) is 0 Å². The van der Waals surface area contributed by atoms with Crippen LogP contribution in [0.3, 0.4) is 0 Å². The number of carbonyl (C=O) groups excluding carboxylic acids is 1. The minimum absolute atomic E-state index is 0.0786. The Kier molecular flexibility index (Phi) is 5.56. The van der Waals surface area contributed by atoms with Crippen LogP contribution in [0.1, 0.15) is 37.6 Å². The van der Waals surface area contributed by atoms with Gasteiger partial charge in [0.25, 0.3) is 0 Å². The van der Waals surface area contributed by atoms with Gasteiger partial charge >= 0.3 is 0 Å². The first-order valence-corrected chi connectivity index (χ1v) is 7.36. The van der Waals surface area contributed by atoms with Crippen LogP contribution in [0.2, 0.25) is 0 Å². The van der Waals surface area contributed by atoms with Crippen LogP contribution < -0.4 is 0 Å². The van der Waals surface area contributed by atoms with Crippen LogP contribution >= 0.6 is 0 Å². The van der Waals surface area contributed by atoms with Gasteiger partial charge in [0.05, 0.1) is 0 Å². The van der Waals surface area contributed by atoms with Gasteiger partial charge in [-0.1, -0.05) is 51.1 Å². The second-order valence-corrected chi connectivity index (χ2v) is 6.49. The van der Waals surface area contributed by atoms with Crippen molar-refractivity contribution in [1.29, 1.82) is 0 Å². The summed E-state index contributed by atoms with van der Waals surface area (Å²) >= 11 is 0. The van der Waals surface area contributed by atoms with E-state index < -0.39 is 10.8 Å². The second kappa shape index (κ2) is 6.70. The fraction of sp³-hybridized carbons (Fsp3) is 0.500. The summed E-state index contributed by atoms with van der Waals surface area (Å²) in [5.74, 6) is 0.935. The number of ketones is 1. The van der Waals surface area contributed by atoms with Crippen molar-refractivity contribution in [3.8, 4) is 0 Å². The summed E-state index contributed by atoms with van der Waals surface area (Å²) in [7, 11) is -0.910. The van der Waals surface area contributed by atoms with E-state index in [9.17, 15) is 9.00 Å². The topological polar surface area (TPSA) is 34.1 Å². The van der Waals surface area contributed by atoms with E-state index in [-0.39, 0.29) is 11.0 Å². The van der Waals surface area contributed by atoms with Gasteiger partial charge in [0.15, 0.2) is 5.78 Å². The van der Waals surface area contributed by atoms with Gasteiger partial charge in [0.1, 0.15) is 0 Å². The lowest BCUT2D eigenvalue weighted by molar-refractivity contribution is 0.0989. The molecule has 0 aliphatic rings. The standard InChI is InChI=1S/C14H20O2S/c1-11(2)12(3)17(16)10-9-14(15)13-7-5-4-6-8-13/h4-8,11-12H,9-10H2,1-3H3. The fourth-order valence-corrected chi connectivity index (χ4v) is 2.82. The molecule has 0 bridgehead atoms. The van der Waals surface area contributed by atoms with E-state index in [4.69, 9.17) is 0 Å². The molecule has 0 aliphatic carbocycles. The molecule has 94 valence electrons. The van der Waals surface area contributed by atoms with Crippen LogP contribution in [-0.4, -0.2) is 21.0 Å². The largest absolute Gasteiger partial charge is 0.294 e. The third-order valence-corrected chi connectivity index (χ3v) is 4.96. The third kappa shape index (κ3) is 4.43. The summed E-state index contributed by atoms with van der Waals surface area (Å²) in [6.45, 7) is 6.09. The van der Waals surface area contributed by atoms with E-state index in [0.29, 0.717) is 23.7 Å². The normalized spacial score (nSPS) is 14.6. The van der Waals surface area contributed by atoms with Crippen molar-refractivity contribution in [2.24, 2.45) is 5.92 Å². The number of hydrogen-bond donors (Lipinski definition) is 0. The predicted molar refractivity (Wildman–Crippen MR) is 72.7 cm³/mol. The summed E-state index contributed by atoms with van der Waals surface area (Å²) < 4.78 is 11.9. The van der Waals surface area contributed by atoms with Gasteiger partial charge in [-0.25, -0.2) is 0 Å². The van der Waals surface area contributed by atoms with E-state index >= 15 is 0 Å². The summed E-state index contributed by atoms with van der Waals surface area (Å²) in [4.78, 5) is 11.8. The van der Waals surface area contributed by atoms with Crippen molar-refractivity contribution >= 4 is 16.6 Å². The number of rotatable bonds is 6. The molecule has 1 rings (SSSR count). The van der Waals surface area contributed by atoms with Crippen molar-refractivity contribution in [2.75, 3.05) is 5.75 Å². The highest BCUT2D eigenvalue weighted by Gasteiger charge is 2.16. The molecule has 0 aromatic heterocycles. The second-order valence-electron chi connectivity index (χ2n) is 4.57. The lowest BCUT2D eigenvalue weighted by Gasteiger charge is -2.14. The average Bonchev–Trinajstić information content (AvgIpc) is 2.35. The molecule has 0 radical (unpaired) electrons. The first-order valence-electron chi connectivity index (χ1n) is 5.97. The van der Waals surface area contributed by atoms with Crippen LogP contribution in [0.5, 0.6) is 0 Å². The molecular weight excluding hydrogens is 232 g/mol. The van der Waals surface area contributed by atoms with Crippen molar-refractivity contribution in [1.82, 2.24) is 0 Å². The van der Waals surface area contributed by atoms with Crippen molar-refractivity contribution in [3.63, 3.8) is 0 Å². The Bertz CT molecular complexity index is 384. The highest BCUT2D eigenvalue weighted by atomic mass is 32.2. The molecule has 3 heteroatoms. The molecule has 2 unspecified atom stereocenters. The first kappa shape index (κ1) is 14.1. The SMILES string of the molecule is CC(C)C(C)S(=O)CCC(=O)c1ccccc1. The first-order chi connectivity index (χ1) is 8.02. The van der Waals surface area contributed by atoms with E-state index in [2.05, 4.69) is 13.8 Å². The molecule has 2 atom stereocenters. The minimum atomic E-state index is -0.910. The Morgan fingerprint density at radius 3 is 2.29 bits per heavy atom. The lowest BCUT2D eigenvalue weighted by atomic mass is 10.1. The monoisotopic (exact) mass is 252 g/mol. The molecule has 0 amide bonds. The van der Waals surface area contributed by atoms with Crippen molar-refractivity contribution in [3.05, 3.63) is 35.9 Å². The molecule has 0 heterocycles. The highest BCUT2D eigenvalue weighted by Crippen LogP contribution is 2.11. The quantitative estimate of drug-likeness (QED) is 0.729. The molecule has 0 fully saturated rings. The molecule has 1 aromatic rings. The summed E-state index contributed by atoms with van der Waals surface area (Å²) in [6.07, 6.45) is 0.369. The van der Waals surface area contributed by atoms with Gasteiger partial charge in [-0.15, -0.1) is 0 Å². The van der Waals surface area contributed by atoms with Gasteiger partial charge in [0, 0.05) is 33.8 Å². The van der Waals surface area contributed by atoms with Crippen LogP contribution in [0, 0.1) is 5.92 Å². The zero-order valence-corrected chi connectivity index (χ0v) is 11.5. The number of Topliss-reactive ketones (excluding diaryl/α,β-unsaturated/α-hetero) is 1. The summed E-state index contributed by atoms with van der Waals surface area (Å²) in [6, 6.07) is 9.19. The van der Waals surface area contributed by atoms with Crippen molar-refractivity contribution in [2.45, 2.75) is 32.4 Å². The molecular formula is C14H20O2S. The molecule has 2 nitrogen and oxygen atoms in total. The third-order valence-electron chi connectivity index (χ3n) is 2.98. The van der Waals surface area contributed by atoms with E-state index in [1.54, 1.807) is 12.1 Å². The molecule has 0 spiro atoms. The zero-order valence-electron chi connectivity index (χ0n) is 10.7. The van der Waals surface area contributed by atoms with E-state index in [1.165, 1.54) is 0 Å². The Morgan fingerprint density at radius 2 is 1.76 bits per heavy atom. The summed E-state index contributed by atoms with van der Waals surface area (Å²) in [5, 5.41) is 0.151. The molecule has 17 heavy (non-hydrogen) atoms. The van der Waals surface area contributed by atoms with Crippen LogP contribution in [-0.2, 0) is 10.8 Å². The number of carbonyl (C=O) groups is 1. The lowest BCUT2D eigenvalue weighted by Crippen LogP contribution is -2.21. The van der Waals surface area contributed by atoms with Gasteiger partial charge < -0.3 is 0 Å². The van der Waals surface area contributed by atoms with E-state index in [0.717, 1.165) is 0 Å². The maximum atomic E-state index is 11.9. The Hall–Kier alpha value is -0.960. The average molecular weight is 252 g/mol.